The first-order valence-electron chi connectivity index (χ1n) is 12.4. The van der Waals surface area contributed by atoms with Crippen LogP contribution in [0.2, 0.25) is 0 Å². The first-order valence-corrected chi connectivity index (χ1v) is 16.7. The molecule has 0 aromatic heterocycles. The van der Waals surface area contributed by atoms with Gasteiger partial charge in [0, 0.05) is 27.5 Å². The van der Waals surface area contributed by atoms with Crippen LogP contribution in [0.25, 0.3) is 21.5 Å². The summed E-state index contributed by atoms with van der Waals surface area (Å²) >= 11 is 0. The summed E-state index contributed by atoms with van der Waals surface area (Å²) < 4.78 is 98.7. The molecule has 0 aliphatic heterocycles. The van der Waals surface area contributed by atoms with Crippen LogP contribution < -0.4 is 28.1 Å². The number of rotatable bonds is 6. The van der Waals surface area contributed by atoms with E-state index in [2.05, 4.69) is 10.9 Å². The van der Waals surface area contributed by atoms with Crippen molar-refractivity contribution in [2.24, 2.45) is 0 Å². The second-order valence-corrected chi connectivity index (χ2v) is 13.7. The smallest absolute Gasteiger partial charge is 0.296 e. The molecule has 0 fully saturated rings. The highest BCUT2D eigenvalue weighted by Crippen LogP contribution is 2.41. The van der Waals surface area contributed by atoms with Crippen molar-refractivity contribution >= 4 is 80.3 Å². The van der Waals surface area contributed by atoms with E-state index in [-0.39, 0.29) is 27.5 Å². The molecule has 0 saturated carbocycles. The molecule has 0 unspecified atom stereocenters. The molecule has 0 aliphatic rings. The summed E-state index contributed by atoms with van der Waals surface area (Å²) in [6, 6.07) is 17.8. The quantitative estimate of drug-likeness (QED) is 0.0535. The SMILES string of the molecule is N#Cc1ccc(N)cc1.Nc1cc2c(O)c(NNc3ccc(N)c4cc(S(=O)(=O)O)ccc34)c(S(=O)(=O)O)cc2cc1S(=O)(=O)O. The number of hydrazine groups is 1. The average Bonchev–Trinajstić information content (AvgIpc) is 2.96. The minimum absolute atomic E-state index is 0.124. The predicted molar refractivity (Wildman–Crippen MR) is 171 cm³/mol. The topological polar surface area (TPSA) is 309 Å². The maximum absolute atomic E-state index is 12.1. The Kier molecular flexibility index (Phi) is 8.90. The zero-order chi connectivity index (χ0) is 34.2. The van der Waals surface area contributed by atoms with Crippen molar-refractivity contribution in [3.05, 3.63) is 78.4 Å². The molecule has 46 heavy (non-hydrogen) atoms. The van der Waals surface area contributed by atoms with Crippen LogP contribution in [0.3, 0.4) is 0 Å². The molecule has 0 aliphatic carbocycles. The van der Waals surface area contributed by atoms with Gasteiger partial charge in [-0.15, -0.1) is 0 Å². The number of anilines is 5. The molecular formula is C27H24N6O10S3. The lowest BCUT2D eigenvalue weighted by atomic mass is 10.1. The van der Waals surface area contributed by atoms with Crippen molar-refractivity contribution in [2.75, 3.05) is 28.1 Å². The molecule has 0 heterocycles. The first-order chi connectivity index (χ1) is 21.3. The monoisotopic (exact) mass is 688 g/mol. The Labute approximate surface area is 261 Å². The predicted octanol–water partition coefficient (Wildman–Crippen LogP) is 3.18. The van der Waals surface area contributed by atoms with Crippen LogP contribution in [0.1, 0.15) is 5.56 Å². The number of benzene rings is 5. The Morgan fingerprint density at radius 1 is 0.630 bits per heavy atom. The summed E-state index contributed by atoms with van der Waals surface area (Å²) in [7, 11) is -14.3. The standard InChI is InChI=1S/C20H18N4O10S3.C7H6N2/c21-14-3-4-16(11-2-1-10(7-13(11)14)35(26,27)28)23-24-19-18(37(32,33)34)6-9-5-17(36(29,30)31)15(22)8-12(9)20(19)25;8-5-6-1-3-7(9)4-2-6/h1-8,23-25H,21-22H2,(H,26,27,28)(H,29,30,31)(H,32,33,34);1-4H,9H2. The molecule has 5 aromatic rings. The van der Waals surface area contributed by atoms with E-state index in [1.165, 1.54) is 18.2 Å². The number of nitrogens with two attached hydrogens (primary N) is 3. The number of nitriles is 1. The second kappa shape index (κ2) is 12.2. The van der Waals surface area contributed by atoms with E-state index in [1.54, 1.807) is 24.3 Å². The summed E-state index contributed by atoms with van der Waals surface area (Å²) in [5, 5.41) is 19.4. The third-order valence-electron chi connectivity index (χ3n) is 6.44. The van der Waals surface area contributed by atoms with Gasteiger partial charge in [0.05, 0.1) is 27.9 Å². The van der Waals surface area contributed by atoms with Crippen molar-refractivity contribution in [1.82, 2.24) is 0 Å². The number of hydrogen-bond donors (Lipinski definition) is 9. The van der Waals surface area contributed by atoms with Gasteiger partial charge in [-0.2, -0.15) is 30.5 Å². The molecule has 12 N–H and O–H groups in total. The number of aromatic hydroxyl groups is 1. The van der Waals surface area contributed by atoms with Crippen molar-refractivity contribution in [3.63, 3.8) is 0 Å². The van der Waals surface area contributed by atoms with Gasteiger partial charge in [0.15, 0.2) is 0 Å². The van der Waals surface area contributed by atoms with Gasteiger partial charge in [0.2, 0.25) is 0 Å². The lowest BCUT2D eigenvalue weighted by molar-refractivity contribution is 0.473. The van der Waals surface area contributed by atoms with E-state index in [0.717, 1.165) is 30.3 Å². The average molecular weight is 689 g/mol. The van der Waals surface area contributed by atoms with Gasteiger partial charge in [-0.3, -0.25) is 19.1 Å². The highest BCUT2D eigenvalue weighted by molar-refractivity contribution is 7.86. The number of phenols is 1. The fourth-order valence-electron chi connectivity index (χ4n) is 4.26. The van der Waals surface area contributed by atoms with Crippen LogP contribution in [0.5, 0.6) is 5.75 Å². The summed E-state index contributed by atoms with van der Waals surface area (Å²) in [4.78, 5) is -2.01. The molecule has 0 saturated heterocycles. The molecule has 16 nitrogen and oxygen atoms in total. The summed E-state index contributed by atoms with van der Waals surface area (Å²) in [5.41, 5.74) is 22.8. The van der Waals surface area contributed by atoms with Crippen LogP contribution in [-0.4, -0.2) is 44.0 Å². The largest absolute Gasteiger partial charge is 0.505 e. The van der Waals surface area contributed by atoms with E-state index < -0.39 is 62.2 Å². The highest BCUT2D eigenvalue weighted by Gasteiger charge is 2.24. The number of nitrogens with zero attached hydrogens (tertiary/aromatic N) is 1. The third-order valence-corrected chi connectivity index (χ3v) is 9.08. The summed E-state index contributed by atoms with van der Waals surface area (Å²) in [6.07, 6.45) is 0. The Bertz CT molecular complexity index is 2390. The van der Waals surface area contributed by atoms with Gasteiger partial charge < -0.3 is 27.7 Å². The molecular weight excluding hydrogens is 665 g/mol. The molecule has 0 atom stereocenters. The van der Waals surface area contributed by atoms with Crippen molar-refractivity contribution in [1.29, 1.82) is 5.26 Å². The van der Waals surface area contributed by atoms with Crippen molar-refractivity contribution in [3.8, 4) is 11.8 Å². The van der Waals surface area contributed by atoms with Crippen LogP contribution >= 0.6 is 0 Å². The molecule has 5 aromatic carbocycles. The summed E-state index contributed by atoms with van der Waals surface area (Å²) in [6.45, 7) is 0. The van der Waals surface area contributed by atoms with E-state index in [0.29, 0.717) is 16.6 Å². The number of fused-ring (bicyclic) bond motifs is 2. The highest BCUT2D eigenvalue weighted by atomic mass is 32.2. The zero-order valence-electron chi connectivity index (χ0n) is 23.1. The lowest BCUT2D eigenvalue weighted by Crippen LogP contribution is -2.14. The fourth-order valence-corrected chi connectivity index (χ4v) is 6.08. The number of phenolic OH excluding ortho intramolecular Hbond substituents is 1. The van der Waals surface area contributed by atoms with Gasteiger partial charge in [0.1, 0.15) is 21.2 Å². The first kappa shape index (κ1) is 33.5. The van der Waals surface area contributed by atoms with Crippen molar-refractivity contribution < 1.29 is 44.0 Å². The van der Waals surface area contributed by atoms with Gasteiger partial charge in [-0.05, 0) is 72.1 Å². The van der Waals surface area contributed by atoms with E-state index in [1.807, 2.05) is 6.07 Å². The summed E-state index contributed by atoms with van der Waals surface area (Å²) in [5.74, 6) is -0.750. The van der Waals surface area contributed by atoms with Gasteiger partial charge in [0.25, 0.3) is 30.4 Å². The second-order valence-electron chi connectivity index (χ2n) is 9.53. The maximum atomic E-state index is 12.1. The van der Waals surface area contributed by atoms with Gasteiger partial charge in [-0.25, -0.2) is 0 Å². The minimum Gasteiger partial charge on any atom is -0.505 e. The van der Waals surface area contributed by atoms with Gasteiger partial charge >= 0.3 is 0 Å². The maximum Gasteiger partial charge on any atom is 0.296 e. The van der Waals surface area contributed by atoms with Gasteiger partial charge in [-0.1, -0.05) is 6.07 Å². The zero-order valence-corrected chi connectivity index (χ0v) is 25.5. The van der Waals surface area contributed by atoms with Crippen LogP contribution in [-0.2, 0) is 30.4 Å². The Hall–Kier alpha value is -5.36. The fraction of sp³-hybridized carbons (Fsp3) is 0. The molecule has 0 bridgehead atoms. The molecule has 5 rings (SSSR count). The third kappa shape index (κ3) is 7.13. The van der Waals surface area contributed by atoms with E-state index >= 15 is 0 Å². The molecule has 0 amide bonds. The molecule has 0 radical (unpaired) electrons. The van der Waals surface area contributed by atoms with Crippen LogP contribution in [0, 0.1) is 11.3 Å². The Morgan fingerprint density at radius 2 is 1.24 bits per heavy atom. The number of nitrogens with one attached hydrogen (secondary N) is 2. The minimum atomic E-state index is -5.00. The van der Waals surface area contributed by atoms with E-state index in [4.69, 9.17) is 22.5 Å². The molecule has 19 heteroatoms. The van der Waals surface area contributed by atoms with E-state index in [9.17, 15) is 44.0 Å². The Balaban J connectivity index is 0.000000459. The van der Waals surface area contributed by atoms with Crippen LogP contribution in [0.4, 0.5) is 28.4 Å². The van der Waals surface area contributed by atoms with Crippen LogP contribution in [0.15, 0.2) is 87.5 Å². The Morgan fingerprint density at radius 3 is 1.80 bits per heavy atom. The molecule has 240 valence electrons. The lowest BCUT2D eigenvalue weighted by Gasteiger charge is -2.18. The number of nitrogen functional groups attached to an aromatic ring is 3. The normalized spacial score (nSPS) is 11.8. The van der Waals surface area contributed by atoms with Crippen molar-refractivity contribution in [2.45, 2.75) is 14.7 Å². The number of hydrogen-bond acceptors (Lipinski definition) is 13. The molecule has 0 spiro atoms.